The molecule has 0 aliphatic carbocycles. The first-order valence-corrected chi connectivity index (χ1v) is 4.58. The van der Waals surface area contributed by atoms with Gasteiger partial charge in [-0.2, -0.15) is 13.2 Å². The number of carboxylic acid groups (broad SMARTS) is 1. The molecule has 1 heterocycles. The molecule has 1 aromatic carbocycles. The van der Waals surface area contributed by atoms with Crippen LogP contribution in [-0.4, -0.2) is 23.4 Å². The van der Waals surface area contributed by atoms with Crippen molar-refractivity contribution in [2.24, 2.45) is 0 Å². The predicted octanol–water partition coefficient (Wildman–Crippen LogP) is 2.02. The van der Waals surface area contributed by atoms with Gasteiger partial charge in [0, 0.05) is 12.1 Å². The molecule has 1 aliphatic heterocycles. The Labute approximate surface area is 89.1 Å². The Hall–Kier alpha value is -1.72. The summed E-state index contributed by atoms with van der Waals surface area (Å²) in [6, 6.07) is 4.29. The Kier molecular flexibility index (Phi) is 2.29. The van der Waals surface area contributed by atoms with Crippen LogP contribution in [-0.2, 0) is 11.2 Å². The van der Waals surface area contributed by atoms with Crippen LogP contribution in [0.4, 0.5) is 18.9 Å². The number of aliphatic carboxylic acids is 1. The van der Waals surface area contributed by atoms with Gasteiger partial charge in [-0.1, -0.05) is 18.2 Å². The smallest absolute Gasteiger partial charge is 0.480 e. The molecule has 16 heavy (non-hydrogen) atoms. The predicted molar refractivity (Wildman–Crippen MR) is 50.1 cm³/mol. The number of benzene rings is 1. The van der Waals surface area contributed by atoms with Crippen LogP contribution in [0.15, 0.2) is 24.3 Å². The van der Waals surface area contributed by atoms with Crippen molar-refractivity contribution in [3.63, 3.8) is 0 Å². The summed E-state index contributed by atoms with van der Waals surface area (Å²) in [5.74, 6) is -1.46. The average molecular weight is 231 g/mol. The standard InChI is InChI=1S/C10H8F3NO2/c11-10(12,13)14-7-4-2-1-3-6(7)5-8(14)9(15)16/h1-4,8H,5H2,(H,15,16). The molecular formula is C10H8F3NO2. The first-order chi connectivity index (χ1) is 7.41. The molecule has 3 nitrogen and oxygen atoms in total. The van der Waals surface area contributed by atoms with E-state index in [1.165, 1.54) is 18.2 Å². The minimum Gasteiger partial charge on any atom is -0.480 e. The Bertz CT molecular complexity index is 430. The summed E-state index contributed by atoms with van der Waals surface area (Å²) in [5.41, 5.74) is 0.342. The Morgan fingerprint density at radius 3 is 2.56 bits per heavy atom. The molecule has 1 unspecified atom stereocenters. The van der Waals surface area contributed by atoms with Crippen molar-refractivity contribution in [3.05, 3.63) is 29.8 Å². The Balaban J connectivity index is 2.48. The fraction of sp³-hybridized carbons (Fsp3) is 0.300. The molecule has 1 aromatic rings. The van der Waals surface area contributed by atoms with Crippen LogP contribution >= 0.6 is 0 Å². The van der Waals surface area contributed by atoms with Crippen molar-refractivity contribution < 1.29 is 23.1 Å². The van der Waals surface area contributed by atoms with Crippen LogP contribution in [0.2, 0.25) is 0 Å². The third kappa shape index (κ3) is 1.60. The summed E-state index contributed by atoms with van der Waals surface area (Å²) in [6.45, 7) is 0. The van der Waals surface area contributed by atoms with Crippen molar-refractivity contribution in [2.75, 3.05) is 4.90 Å². The van der Waals surface area contributed by atoms with Gasteiger partial charge >= 0.3 is 12.3 Å². The summed E-state index contributed by atoms with van der Waals surface area (Å²) in [6.07, 6.45) is -4.79. The summed E-state index contributed by atoms with van der Waals surface area (Å²) < 4.78 is 38.1. The molecule has 1 N–H and O–H groups in total. The van der Waals surface area contributed by atoms with Gasteiger partial charge in [-0.15, -0.1) is 0 Å². The van der Waals surface area contributed by atoms with E-state index in [-0.39, 0.29) is 17.0 Å². The van der Waals surface area contributed by atoms with Crippen LogP contribution in [0, 0.1) is 0 Å². The van der Waals surface area contributed by atoms with Crippen LogP contribution < -0.4 is 4.90 Å². The second kappa shape index (κ2) is 3.40. The van der Waals surface area contributed by atoms with E-state index in [1.54, 1.807) is 6.07 Å². The summed E-state index contributed by atoms with van der Waals surface area (Å²) in [5, 5.41) is 8.78. The first kappa shape index (κ1) is 10.8. The molecule has 0 aromatic heterocycles. The molecule has 0 fully saturated rings. The Morgan fingerprint density at radius 1 is 1.38 bits per heavy atom. The van der Waals surface area contributed by atoms with Gasteiger partial charge in [0.1, 0.15) is 6.04 Å². The average Bonchev–Trinajstić information content (AvgIpc) is 2.55. The van der Waals surface area contributed by atoms with Gasteiger partial charge in [-0.25, -0.2) is 4.79 Å². The van der Waals surface area contributed by atoms with Gasteiger partial charge in [0.2, 0.25) is 0 Å². The second-order valence-electron chi connectivity index (χ2n) is 3.52. The minimum atomic E-state index is -4.67. The highest BCUT2D eigenvalue weighted by Crippen LogP contribution is 2.39. The number of hydrogen-bond acceptors (Lipinski definition) is 2. The zero-order valence-electron chi connectivity index (χ0n) is 8.03. The molecule has 0 spiro atoms. The SMILES string of the molecule is O=C(O)C1Cc2ccccc2N1C(F)(F)F. The van der Waals surface area contributed by atoms with Gasteiger partial charge in [0.05, 0.1) is 0 Å². The van der Waals surface area contributed by atoms with Crippen molar-refractivity contribution in [1.29, 1.82) is 0 Å². The zero-order chi connectivity index (χ0) is 11.9. The monoisotopic (exact) mass is 231 g/mol. The number of fused-ring (bicyclic) bond motifs is 1. The third-order valence-electron chi connectivity index (χ3n) is 2.53. The molecule has 0 saturated heterocycles. The van der Waals surface area contributed by atoms with E-state index >= 15 is 0 Å². The molecule has 6 heteroatoms. The topological polar surface area (TPSA) is 40.5 Å². The number of carboxylic acids is 1. The number of carbonyl (C=O) groups is 1. The van der Waals surface area contributed by atoms with E-state index in [0.29, 0.717) is 5.56 Å². The van der Waals surface area contributed by atoms with Gasteiger partial charge in [0.25, 0.3) is 0 Å². The maximum absolute atomic E-state index is 12.7. The van der Waals surface area contributed by atoms with Crippen molar-refractivity contribution >= 4 is 11.7 Å². The van der Waals surface area contributed by atoms with Gasteiger partial charge < -0.3 is 5.11 Å². The van der Waals surface area contributed by atoms with E-state index in [0.717, 1.165) is 0 Å². The summed E-state index contributed by atoms with van der Waals surface area (Å²) >= 11 is 0. The number of nitrogens with zero attached hydrogens (tertiary/aromatic N) is 1. The van der Waals surface area contributed by atoms with Crippen LogP contribution in [0.1, 0.15) is 5.56 Å². The van der Waals surface area contributed by atoms with Gasteiger partial charge in [-0.05, 0) is 11.6 Å². The van der Waals surface area contributed by atoms with Crippen molar-refractivity contribution in [2.45, 2.75) is 18.8 Å². The quantitative estimate of drug-likeness (QED) is 0.752. The molecule has 0 saturated carbocycles. The maximum atomic E-state index is 12.7. The number of alkyl halides is 3. The third-order valence-corrected chi connectivity index (χ3v) is 2.53. The van der Waals surface area contributed by atoms with Crippen LogP contribution in [0.3, 0.4) is 0 Å². The fourth-order valence-corrected chi connectivity index (χ4v) is 1.90. The number of rotatable bonds is 1. The number of anilines is 1. The lowest BCUT2D eigenvalue weighted by Crippen LogP contribution is -2.47. The first-order valence-electron chi connectivity index (χ1n) is 4.58. The van der Waals surface area contributed by atoms with Gasteiger partial charge in [-0.3, -0.25) is 4.90 Å². The van der Waals surface area contributed by atoms with Crippen LogP contribution in [0.5, 0.6) is 0 Å². The van der Waals surface area contributed by atoms with E-state index < -0.39 is 18.3 Å². The molecular weight excluding hydrogens is 223 g/mol. The molecule has 86 valence electrons. The molecule has 0 bridgehead atoms. The number of para-hydroxylation sites is 1. The minimum absolute atomic E-state index is 0.00463. The van der Waals surface area contributed by atoms with Crippen molar-refractivity contribution in [1.82, 2.24) is 0 Å². The molecule has 1 aliphatic rings. The highest BCUT2D eigenvalue weighted by molar-refractivity contribution is 5.82. The second-order valence-corrected chi connectivity index (χ2v) is 3.52. The van der Waals surface area contributed by atoms with Crippen LogP contribution in [0.25, 0.3) is 0 Å². The molecule has 0 amide bonds. The van der Waals surface area contributed by atoms with E-state index in [1.807, 2.05) is 0 Å². The largest absolute Gasteiger partial charge is 0.485 e. The normalized spacial score (nSPS) is 19.7. The van der Waals surface area contributed by atoms with E-state index in [4.69, 9.17) is 5.11 Å². The lowest BCUT2D eigenvalue weighted by atomic mass is 10.1. The lowest BCUT2D eigenvalue weighted by Gasteiger charge is -2.26. The fourth-order valence-electron chi connectivity index (χ4n) is 1.90. The number of halogens is 3. The molecule has 1 atom stereocenters. The molecule has 2 rings (SSSR count). The van der Waals surface area contributed by atoms with Gasteiger partial charge in [0.15, 0.2) is 0 Å². The molecule has 0 radical (unpaired) electrons. The summed E-state index contributed by atoms with van der Waals surface area (Å²) in [4.78, 5) is 10.8. The number of hydrogen-bond donors (Lipinski definition) is 1. The highest BCUT2D eigenvalue weighted by Gasteiger charge is 2.49. The maximum Gasteiger partial charge on any atom is 0.485 e. The van der Waals surface area contributed by atoms with Crippen molar-refractivity contribution in [3.8, 4) is 0 Å². The zero-order valence-corrected chi connectivity index (χ0v) is 8.03. The highest BCUT2D eigenvalue weighted by atomic mass is 19.4. The summed E-state index contributed by atoms with van der Waals surface area (Å²) in [7, 11) is 0. The lowest BCUT2D eigenvalue weighted by molar-refractivity contribution is -0.153. The Morgan fingerprint density at radius 2 is 2.00 bits per heavy atom. The van der Waals surface area contributed by atoms with E-state index in [9.17, 15) is 18.0 Å². The van der Waals surface area contributed by atoms with E-state index in [2.05, 4.69) is 0 Å².